The summed E-state index contributed by atoms with van der Waals surface area (Å²) in [6.07, 6.45) is 0.377. The number of methoxy groups -OCH3 is 1. The maximum Gasteiger partial charge on any atom is 0.331 e. The second kappa shape index (κ2) is 7.68. The molecule has 0 N–H and O–H groups in total. The quantitative estimate of drug-likeness (QED) is 0.676. The Balaban J connectivity index is 2.80. The molecule has 0 aliphatic rings. The average Bonchev–Trinajstić information content (AvgIpc) is 2.39. The van der Waals surface area contributed by atoms with Crippen LogP contribution in [0.1, 0.15) is 32.3 Å². The van der Waals surface area contributed by atoms with Crippen LogP contribution >= 0.6 is 7.60 Å². The van der Waals surface area contributed by atoms with Crippen molar-refractivity contribution >= 4 is 7.60 Å². The van der Waals surface area contributed by atoms with Gasteiger partial charge in [0.15, 0.2) is 0 Å². The van der Waals surface area contributed by atoms with Crippen molar-refractivity contribution in [2.24, 2.45) is 0 Å². The van der Waals surface area contributed by atoms with Crippen LogP contribution in [0.15, 0.2) is 24.3 Å². The van der Waals surface area contributed by atoms with Gasteiger partial charge in [0, 0.05) is 0 Å². The highest BCUT2D eigenvalue weighted by Crippen LogP contribution is 2.51. The van der Waals surface area contributed by atoms with Crippen molar-refractivity contribution in [1.82, 2.24) is 0 Å². The van der Waals surface area contributed by atoms with Crippen molar-refractivity contribution in [1.29, 1.82) is 0 Å². The fourth-order valence-electron chi connectivity index (χ4n) is 1.92. The zero-order chi connectivity index (χ0) is 14.3. The van der Waals surface area contributed by atoms with Gasteiger partial charge in [-0.25, -0.2) is 0 Å². The van der Waals surface area contributed by atoms with Crippen molar-refractivity contribution in [3.05, 3.63) is 29.8 Å². The Morgan fingerprint density at radius 3 is 2.37 bits per heavy atom. The molecule has 0 saturated heterocycles. The number of rotatable bonds is 8. The zero-order valence-electron chi connectivity index (χ0n) is 12.1. The van der Waals surface area contributed by atoms with E-state index in [1.807, 2.05) is 45.0 Å². The first kappa shape index (κ1) is 16.2. The van der Waals surface area contributed by atoms with E-state index in [2.05, 4.69) is 0 Å². The standard InChI is InChI=1S/C14H23O4P/c1-5-17-19(15,18-6-2)11-12(3)13-8-7-9-14(10-13)16-4/h7-10,12H,5-6,11H2,1-4H3/t12-/m1/s1. The summed E-state index contributed by atoms with van der Waals surface area (Å²) in [7, 11) is -1.37. The summed E-state index contributed by atoms with van der Waals surface area (Å²) in [5.41, 5.74) is 1.07. The number of hydrogen-bond acceptors (Lipinski definition) is 4. The third-order valence-corrected chi connectivity index (χ3v) is 5.11. The van der Waals surface area contributed by atoms with E-state index in [-0.39, 0.29) is 5.92 Å². The van der Waals surface area contributed by atoms with Gasteiger partial charge in [-0.3, -0.25) is 4.57 Å². The van der Waals surface area contributed by atoms with Gasteiger partial charge in [0.05, 0.1) is 26.5 Å². The SMILES string of the molecule is CCOP(=O)(C[C@@H](C)c1cccc(OC)c1)OCC. The smallest absolute Gasteiger partial charge is 0.331 e. The highest BCUT2D eigenvalue weighted by Gasteiger charge is 2.27. The lowest BCUT2D eigenvalue weighted by Gasteiger charge is -2.21. The van der Waals surface area contributed by atoms with Gasteiger partial charge in [0.25, 0.3) is 0 Å². The van der Waals surface area contributed by atoms with Gasteiger partial charge in [0.2, 0.25) is 0 Å². The van der Waals surface area contributed by atoms with Crippen LogP contribution in [0.2, 0.25) is 0 Å². The van der Waals surface area contributed by atoms with Crippen molar-refractivity contribution in [3.63, 3.8) is 0 Å². The van der Waals surface area contributed by atoms with Crippen LogP contribution in [-0.2, 0) is 13.6 Å². The highest BCUT2D eigenvalue weighted by atomic mass is 31.2. The lowest BCUT2D eigenvalue weighted by atomic mass is 10.0. The largest absolute Gasteiger partial charge is 0.497 e. The van der Waals surface area contributed by atoms with E-state index < -0.39 is 7.60 Å². The topological polar surface area (TPSA) is 44.8 Å². The molecule has 0 spiro atoms. The molecule has 1 aromatic carbocycles. The molecule has 0 aliphatic heterocycles. The van der Waals surface area contributed by atoms with Crippen LogP contribution in [0.3, 0.4) is 0 Å². The van der Waals surface area contributed by atoms with E-state index in [1.54, 1.807) is 7.11 Å². The first-order valence-electron chi connectivity index (χ1n) is 6.56. The van der Waals surface area contributed by atoms with Crippen LogP contribution in [0.5, 0.6) is 5.75 Å². The molecule has 0 heterocycles. The Labute approximate surface area is 115 Å². The maximum absolute atomic E-state index is 12.5. The number of benzene rings is 1. The van der Waals surface area contributed by atoms with Crippen molar-refractivity contribution in [3.8, 4) is 5.75 Å². The molecule has 0 fully saturated rings. The van der Waals surface area contributed by atoms with Crippen molar-refractivity contribution < 1.29 is 18.3 Å². The van der Waals surface area contributed by atoms with Crippen molar-refractivity contribution in [2.45, 2.75) is 26.7 Å². The van der Waals surface area contributed by atoms with Gasteiger partial charge in [0.1, 0.15) is 5.75 Å². The molecule has 19 heavy (non-hydrogen) atoms. The Bertz CT molecular complexity index is 423. The predicted molar refractivity (Wildman–Crippen MR) is 77.1 cm³/mol. The second-order valence-electron chi connectivity index (χ2n) is 4.31. The Morgan fingerprint density at radius 1 is 1.21 bits per heavy atom. The normalized spacial score (nSPS) is 13.3. The first-order valence-corrected chi connectivity index (χ1v) is 8.29. The maximum atomic E-state index is 12.5. The Morgan fingerprint density at radius 2 is 1.84 bits per heavy atom. The molecule has 0 aromatic heterocycles. The average molecular weight is 286 g/mol. The van der Waals surface area contributed by atoms with Gasteiger partial charge < -0.3 is 13.8 Å². The minimum Gasteiger partial charge on any atom is -0.497 e. The van der Waals surface area contributed by atoms with E-state index in [0.29, 0.717) is 19.4 Å². The molecule has 0 amide bonds. The molecule has 1 rings (SSSR count). The Kier molecular flexibility index (Phi) is 6.56. The summed E-state index contributed by atoms with van der Waals surface area (Å²) in [5, 5.41) is 0. The minimum absolute atomic E-state index is 0.0824. The number of ether oxygens (including phenoxy) is 1. The molecule has 1 aromatic rings. The Hall–Kier alpha value is -0.830. The van der Waals surface area contributed by atoms with Crippen LogP contribution in [0, 0.1) is 0 Å². The molecule has 0 saturated carbocycles. The van der Waals surface area contributed by atoms with Crippen LogP contribution < -0.4 is 4.74 Å². The molecule has 0 unspecified atom stereocenters. The minimum atomic E-state index is -3.01. The summed E-state index contributed by atoms with van der Waals surface area (Å²) in [6, 6.07) is 7.76. The molecular weight excluding hydrogens is 263 g/mol. The first-order chi connectivity index (χ1) is 9.04. The summed E-state index contributed by atoms with van der Waals surface area (Å²) in [5.74, 6) is 0.881. The van der Waals surface area contributed by atoms with Gasteiger partial charge in [-0.2, -0.15) is 0 Å². The fraction of sp³-hybridized carbons (Fsp3) is 0.571. The molecule has 0 bridgehead atoms. The zero-order valence-corrected chi connectivity index (χ0v) is 13.0. The van der Waals surface area contributed by atoms with Crippen molar-refractivity contribution in [2.75, 3.05) is 26.5 Å². The van der Waals surface area contributed by atoms with Crippen LogP contribution in [0.25, 0.3) is 0 Å². The van der Waals surface area contributed by atoms with Gasteiger partial charge in [-0.05, 0) is 37.5 Å². The lowest BCUT2D eigenvalue weighted by molar-refractivity contribution is 0.219. The number of hydrogen-bond donors (Lipinski definition) is 0. The van der Waals surface area contributed by atoms with Crippen LogP contribution in [-0.4, -0.2) is 26.5 Å². The predicted octanol–water partition coefficient (Wildman–Crippen LogP) is 4.06. The van der Waals surface area contributed by atoms with E-state index >= 15 is 0 Å². The third-order valence-electron chi connectivity index (χ3n) is 2.81. The van der Waals surface area contributed by atoms with E-state index in [4.69, 9.17) is 13.8 Å². The summed E-state index contributed by atoms with van der Waals surface area (Å²) in [4.78, 5) is 0. The molecule has 5 heteroatoms. The summed E-state index contributed by atoms with van der Waals surface area (Å²) in [6.45, 7) is 6.44. The van der Waals surface area contributed by atoms with Crippen LogP contribution in [0.4, 0.5) is 0 Å². The van der Waals surface area contributed by atoms with Gasteiger partial charge in [-0.15, -0.1) is 0 Å². The molecular formula is C14H23O4P. The second-order valence-corrected chi connectivity index (χ2v) is 6.41. The monoisotopic (exact) mass is 286 g/mol. The van der Waals surface area contributed by atoms with Gasteiger partial charge >= 0.3 is 7.60 Å². The fourth-order valence-corrected chi connectivity index (χ4v) is 3.88. The molecule has 4 nitrogen and oxygen atoms in total. The lowest BCUT2D eigenvalue weighted by Crippen LogP contribution is -2.06. The molecule has 1 atom stereocenters. The molecule has 108 valence electrons. The van der Waals surface area contributed by atoms with E-state index in [0.717, 1.165) is 11.3 Å². The van der Waals surface area contributed by atoms with E-state index in [9.17, 15) is 4.57 Å². The van der Waals surface area contributed by atoms with E-state index in [1.165, 1.54) is 0 Å². The highest BCUT2D eigenvalue weighted by molar-refractivity contribution is 7.53. The summed E-state index contributed by atoms with van der Waals surface area (Å²) < 4.78 is 28.3. The summed E-state index contributed by atoms with van der Waals surface area (Å²) >= 11 is 0. The van der Waals surface area contributed by atoms with Gasteiger partial charge in [-0.1, -0.05) is 19.1 Å². The molecule has 0 aliphatic carbocycles. The third kappa shape index (κ3) is 4.98. The molecule has 0 radical (unpaired) electrons.